The van der Waals surface area contributed by atoms with E-state index in [0.717, 1.165) is 16.1 Å². The Balaban J connectivity index is 2.07. The zero-order valence-corrected chi connectivity index (χ0v) is 24.3. The molecule has 0 aromatic heterocycles. The second-order valence-electron chi connectivity index (χ2n) is 8.44. The summed E-state index contributed by atoms with van der Waals surface area (Å²) in [4.78, 5) is 28.3. The molecule has 0 spiro atoms. The molecule has 7 nitrogen and oxygen atoms in total. The van der Waals surface area contributed by atoms with Crippen molar-refractivity contribution in [3.8, 4) is 0 Å². The van der Waals surface area contributed by atoms with Crippen LogP contribution in [-0.2, 0) is 32.6 Å². The minimum absolute atomic E-state index is 0.0511. The fraction of sp³-hybridized carbons (Fsp3) is 0.231. The van der Waals surface area contributed by atoms with Gasteiger partial charge in [0.25, 0.3) is 0 Å². The molecule has 0 unspecified atom stereocenters. The summed E-state index contributed by atoms with van der Waals surface area (Å²) in [6, 6.07) is 17.3. The number of hydrogen-bond donors (Lipinski definition) is 1. The van der Waals surface area contributed by atoms with Crippen molar-refractivity contribution in [2.75, 3.05) is 24.2 Å². The van der Waals surface area contributed by atoms with Gasteiger partial charge in [0.05, 0.1) is 17.0 Å². The van der Waals surface area contributed by atoms with E-state index in [2.05, 4.69) is 5.32 Å². The van der Waals surface area contributed by atoms with Crippen molar-refractivity contribution >= 4 is 73.9 Å². The molecule has 12 heteroatoms. The highest BCUT2D eigenvalue weighted by Gasteiger charge is 2.33. The third kappa shape index (κ3) is 7.77. The summed E-state index contributed by atoms with van der Waals surface area (Å²) in [5.41, 5.74) is 1.42. The van der Waals surface area contributed by atoms with Crippen LogP contribution in [0.1, 0.15) is 11.1 Å². The summed E-state index contributed by atoms with van der Waals surface area (Å²) in [5, 5.41) is 3.67. The number of carbonyl (C=O) groups is 2. The lowest BCUT2D eigenvalue weighted by atomic mass is 10.0. The third-order valence-electron chi connectivity index (χ3n) is 5.73. The topological polar surface area (TPSA) is 86.8 Å². The van der Waals surface area contributed by atoms with Gasteiger partial charge in [0, 0.05) is 35.1 Å². The number of rotatable bonds is 10. The Labute approximate surface area is 242 Å². The van der Waals surface area contributed by atoms with Gasteiger partial charge in [-0.2, -0.15) is 0 Å². The van der Waals surface area contributed by atoms with Gasteiger partial charge in [0.2, 0.25) is 21.8 Å². The highest BCUT2D eigenvalue weighted by molar-refractivity contribution is 7.92. The minimum atomic E-state index is -3.96. The van der Waals surface area contributed by atoms with Crippen LogP contribution in [0.2, 0.25) is 20.1 Å². The Morgan fingerprint density at radius 2 is 1.50 bits per heavy atom. The average Bonchev–Trinajstić information content (AvgIpc) is 2.85. The molecule has 0 aliphatic heterocycles. The molecule has 3 aromatic carbocycles. The first-order valence-electron chi connectivity index (χ1n) is 11.3. The molecule has 2 amide bonds. The maximum absolute atomic E-state index is 13.9. The fourth-order valence-corrected chi connectivity index (χ4v) is 5.72. The molecule has 0 heterocycles. The standard InChI is InChI=1S/C26H25Cl4N3O4S/c1-31-26(35)24(12-17-6-4-3-5-7-17)32(15-18-8-9-19(27)13-21(18)29)25(34)16-33(38(2,36)37)23-11-10-20(28)14-22(23)30/h3-11,13-14,24H,12,15-16H2,1-2H3,(H,31,35)/t24-/m0/s1. The first kappa shape index (κ1) is 30.1. The van der Waals surface area contributed by atoms with Crippen molar-refractivity contribution in [3.05, 3.63) is 97.9 Å². The molecule has 3 rings (SSSR count). The predicted molar refractivity (Wildman–Crippen MR) is 154 cm³/mol. The van der Waals surface area contributed by atoms with Crippen LogP contribution in [0.15, 0.2) is 66.7 Å². The summed E-state index contributed by atoms with van der Waals surface area (Å²) in [6.45, 7) is -0.695. The summed E-state index contributed by atoms with van der Waals surface area (Å²) in [7, 11) is -2.50. The number of amides is 2. The zero-order chi connectivity index (χ0) is 28.0. The van der Waals surface area contributed by atoms with Crippen LogP contribution in [0.25, 0.3) is 0 Å². The number of hydrogen-bond acceptors (Lipinski definition) is 4. The van der Waals surface area contributed by atoms with Crippen LogP contribution < -0.4 is 9.62 Å². The number of nitrogens with one attached hydrogen (secondary N) is 1. The Kier molecular flexibility index (Phi) is 10.3. The monoisotopic (exact) mass is 615 g/mol. The Hall–Kier alpha value is -2.49. The van der Waals surface area contributed by atoms with Gasteiger partial charge in [0.15, 0.2) is 0 Å². The molecule has 3 aromatic rings. The van der Waals surface area contributed by atoms with Crippen molar-refractivity contribution in [2.45, 2.75) is 19.0 Å². The molecule has 0 bridgehead atoms. The highest BCUT2D eigenvalue weighted by Crippen LogP contribution is 2.31. The highest BCUT2D eigenvalue weighted by atomic mass is 35.5. The molecular weight excluding hydrogens is 592 g/mol. The van der Waals surface area contributed by atoms with Crippen molar-refractivity contribution in [1.29, 1.82) is 0 Å². The fourth-order valence-electron chi connectivity index (χ4n) is 3.83. The number of sulfonamides is 1. The maximum atomic E-state index is 13.9. The van der Waals surface area contributed by atoms with E-state index in [4.69, 9.17) is 46.4 Å². The maximum Gasteiger partial charge on any atom is 0.244 e. The van der Waals surface area contributed by atoms with Gasteiger partial charge in [-0.15, -0.1) is 0 Å². The van der Waals surface area contributed by atoms with Crippen LogP contribution in [0, 0.1) is 0 Å². The Bertz CT molecular complexity index is 1420. The van der Waals surface area contributed by atoms with Crippen LogP contribution in [0.4, 0.5) is 5.69 Å². The number of anilines is 1. The molecule has 0 radical (unpaired) electrons. The molecular formula is C26H25Cl4N3O4S. The lowest BCUT2D eigenvalue weighted by Gasteiger charge is -2.33. The number of likely N-dealkylation sites (N-methyl/N-ethyl adjacent to an activating group) is 1. The van der Waals surface area contributed by atoms with Gasteiger partial charge in [-0.25, -0.2) is 8.42 Å². The van der Waals surface area contributed by atoms with Crippen LogP contribution in [0.3, 0.4) is 0 Å². The van der Waals surface area contributed by atoms with Gasteiger partial charge in [-0.05, 0) is 41.5 Å². The molecule has 0 saturated carbocycles. The average molecular weight is 617 g/mol. The zero-order valence-electron chi connectivity index (χ0n) is 20.5. The van der Waals surface area contributed by atoms with E-state index in [0.29, 0.717) is 20.6 Å². The first-order chi connectivity index (χ1) is 17.9. The van der Waals surface area contributed by atoms with E-state index >= 15 is 0 Å². The summed E-state index contributed by atoms with van der Waals surface area (Å²) in [5.74, 6) is -1.07. The summed E-state index contributed by atoms with van der Waals surface area (Å²) >= 11 is 24.7. The largest absolute Gasteiger partial charge is 0.357 e. The van der Waals surface area contributed by atoms with Gasteiger partial charge in [-0.3, -0.25) is 13.9 Å². The summed E-state index contributed by atoms with van der Waals surface area (Å²) < 4.78 is 26.4. The molecule has 1 atom stereocenters. The van der Waals surface area contributed by atoms with E-state index in [-0.39, 0.29) is 23.7 Å². The Morgan fingerprint density at radius 1 is 0.895 bits per heavy atom. The summed E-state index contributed by atoms with van der Waals surface area (Å²) in [6.07, 6.45) is 1.14. The molecule has 202 valence electrons. The Morgan fingerprint density at radius 3 is 2.05 bits per heavy atom. The SMILES string of the molecule is CNC(=O)[C@H](Cc1ccccc1)N(Cc1ccc(Cl)cc1Cl)C(=O)CN(c1ccc(Cl)cc1Cl)S(C)(=O)=O. The number of carbonyl (C=O) groups excluding carboxylic acids is 2. The van der Waals surface area contributed by atoms with E-state index in [9.17, 15) is 18.0 Å². The van der Waals surface area contributed by atoms with E-state index in [1.54, 1.807) is 12.1 Å². The van der Waals surface area contributed by atoms with Crippen molar-refractivity contribution < 1.29 is 18.0 Å². The van der Waals surface area contributed by atoms with Crippen LogP contribution in [0.5, 0.6) is 0 Å². The van der Waals surface area contributed by atoms with Gasteiger partial charge >= 0.3 is 0 Å². The second-order valence-corrected chi connectivity index (χ2v) is 12.0. The lowest BCUT2D eigenvalue weighted by molar-refractivity contribution is -0.139. The van der Waals surface area contributed by atoms with Crippen molar-refractivity contribution in [2.24, 2.45) is 0 Å². The van der Waals surface area contributed by atoms with Gasteiger partial charge in [0.1, 0.15) is 12.6 Å². The van der Waals surface area contributed by atoms with E-state index < -0.39 is 34.4 Å². The minimum Gasteiger partial charge on any atom is -0.357 e. The number of halogens is 4. The molecule has 1 N–H and O–H groups in total. The normalized spacial score (nSPS) is 12.1. The second kappa shape index (κ2) is 13.0. The molecule has 0 fully saturated rings. The molecule has 38 heavy (non-hydrogen) atoms. The van der Waals surface area contributed by atoms with Gasteiger partial charge < -0.3 is 10.2 Å². The van der Waals surface area contributed by atoms with Crippen LogP contribution >= 0.6 is 46.4 Å². The van der Waals surface area contributed by atoms with Crippen LogP contribution in [-0.4, -0.2) is 51.0 Å². The van der Waals surface area contributed by atoms with Gasteiger partial charge in [-0.1, -0.05) is 82.8 Å². The van der Waals surface area contributed by atoms with E-state index in [1.807, 2.05) is 30.3 Å². The van der Waals surface area contributed by atoms with E-state index in [1.165, 1.54) is 36.2 Å². The molecule has 0 saturated heterocycles. The first-order valence-corrected chi connectivity index (χ1v) is 14.7. The third-order valence-corrected chi connectivity index (χ3v) is 7.98. The number of nitrogens with zero attached hydrogens (tertiary/aromatic N) is 2. The number of benzene rings is 3. The predicted octanol–water partition coefficient (Wildman–Crippen LogP) is 5.45. The quantitative estimate of drug-likeness (QED) is 0.328. The van der Waals surface area contributed by atoms with Crippen molar-refractivity contribution in [3.63, 3.8) is 0 Å². The molecule has 0 aliphatic rings. The lowest BCUT2D eigenvalue weighted by Crippen LogP contribution is -2.53. The molecule has 0 aliphatic carbocycles. The smallest absolute Gasteiger partial charge is 0.244 e. The van der Waals surface area contributed by atoms with Crippen molar-refractivity contribution in [1.82, 2.24) is 10.2 Å².